The maximum absolute atomic E-state index is 11.0. The van der Waals surface area contributed by atoms with Crippen LogP contribution in [0.2, 0.25) is 0 Å². The van der Waals surface area contributed by atoms with Crippen LogP contribution in [0, 0.1) is 0 Å². The molecule has 2 aromatic heterocycles. The molecular weight excluding hydrogens is 288 g/mol. The molecule has 0 aliphatic rings. The first-order valence-corrected chi connectivity index (χ1v) is 7.44. The Balaban J connectivity index is 2.02. The van der Waals surface area contributed by atoms with E-state index in [-0.39, 0.29) is 11.6 Å². The number of rotatable bonds is 4. The number of benzene rings is 1. The van der Waals surface area contributed by atoms with Gasteiger partial charge < -0.3 is 5.11 Å². The summed E-state index contributed by atoms with van der Waals surface area (Å²) < 4.78 is 1.78. The molecule has 0 aliphatic carbocycles. The van der Waals surface area contributed by atoms with E-state index in [9.17, 15) is 4.79 Å². The number of aromatic nitrogens is 4. The Morgan fingerprint density at radius 1 is 1.48 bits per heavy atom. The van der Waals surface area contributed by atoms with Crippen LogP contribution in [0.15, 0.2) is 24.4 Å². The lowest BCUT2D eigenvalue weighted by atomic mass is 10.2. The number of aromatic carboxylic acids is 1. The highest BCUT2D eigenvalue weighted by molar-refractivity contribution is 7.11. The van der Waals surface area contributed by atoms with Gasteiger partial charge in [-0.2, -0.15) is 0 Å². The third kappa shape index (κ3) is 2.40. The van der Waals surface area contributed by atoms with E-state index >= 15 is 0 Å². The molecule has 0 radical (unpaired) electrons. The van der Waals surface area contributed by atoms with E-state index in [1.54, 1.807) is 28.2 Å². The van der Waals surface area contributed by atoms with Crippen molar-refractivity contribution in [2.45, 2.75) is 26.3 Å². The van der Waals surface area contributed by atoms with Crippen molar-refractivity contribution in [1.82, 2.24) is 20.0 Å². The summed E-state index contributed by atoms with van der Waals surface area (Å²) in [5.41, 5.74) is 1.60. The zero-order valence-electron chi connectivity index (χ0n) is 11.6. The predicted octanol–water partition coefficient (Wildman–Crippen LogP) is 2.76. The third-order valence-corrected chi connectivity index (χ3v) is 4.67. The lowest BCUT2D eigenvalue weighted by molar-refractivity contribution is 0.0697. The number of aryl methyl sites for hydroxylation is 1. The third-order valence-electron chi connectivity index (χ3n) is 3.36. The van der Waals surface area contributed by atoms with Crippen molar-refractivity contribution in [2.75, 3.05) is 0 Å². The molecule has 3 aromatic rings. The summed E-state index contributed by atoms with van der Waals surface area (Å²) in [6.45, 7) is 4.11. The predicted molar refractivity (Wildman–Crippen MR) is 79.8 cm³/mol. The number of hydrogen-bond donors (Lipinski definition) is 1. The van der Waals surface area contributed by atoms with Gasteiger partial charge in [-0.05, 0) is 31.5 Å². The normalized spacial score (nSPS) is 12.7. The Labute approximate surface area is 125 Å². The number of hydrogen-bond acceptors (Lipinski definition) is 5. The minimum atomic E-state index is -0.966. The lowest BCUT2D eigenvalue weighted by Crippen LogP contribution is -2.08. The summed E-state index contributed by atoms with van der Waals surface area (Å²) in [5, 5.41) is 18.2. The van der Waals surface area contributed by atoms with E-state index in [0.29, 0.717) is 5.52 Å². The average molecular weight is 302 g/mol. The monoisotopic (exact) mass is 302 g/mol. The first-order valence-electron chi connectivity index (χ1n) is 6.63. The molecule has 1 N–H and O–H groups in total. The molecule has 0 saturated carbocycles. The second-order valence-corrected chi connectivity index (χ2v) is 5.88. The Morgan fingerprint density at radius 3 is 2.95 bits per heavy atom. The van der Waals surface area contributed by atoms with Crippen LogP contribution < -0.4 is 0 Å². The first kappa shape index (κ1) is 13.7. The molecule has 7 heteroatoms. The number of thiazole rings is 1. The van der Waals surface area contributed by atoms with Gasteiger partial charge in [-0.1, -0.05) is 12.1 Å². The van der Waals surface area contributed by atoms with Gasteiger partial charge in [0.15, 0.2) is 0 Å². The van der Waals surface area contributed by atoms with Crippen molar-refractivity contribution in [3.05, 3.63) is 39.8 Å². The topological polar surface area (TPSA) is 80.9 Å². The van der Waals surface area contributed by atoms with E-state index in [2.05, 4.69) is 22.2 Å². The molecule has 1 atom stereocenters. The molecule has 21 heavy (non-hydrogen) atoms. The highest BCUT2D eigenvalue weighted by atomic mass is 32.1. The number of carboxylic acid groups (broad SMARTS) is 1. The quantitative estimate of drug-likeness (QED) is 0.801. The van der Waals surface area contributed by atoms with Gasteiger partial charge in [-0.25, -0.2) is 14.5 Å². The van der Waals surface area contributed by atoms with Crippen molar-refractivity contribution in [1.29, 1.82) is 0 Å². The van der Waals surface area contributed by atoms with Gasteiger partial charge >= 0.3 is 5.97 Å². The van der Waals surface area contributed by atoms with Crippen LogP contribution in [0.5, 0.6) is 0 Å². The highest BCUT2D eigenvalue weighted by Crippen LogP contribution is 2.26. The van der Waals surface area contributed by atoms with E-state index in [0.717, 1.165) is 16.9 Å². The van der Waals surface area contributed by atoms with Crippen LogP contribution in [0.1, 0.15) is 40.1 Å². The van der Waals surface area contributed by atoms with Gasteiger partial charge in [-0.15, -0.1) is 16.4 Å². The van der Waals surface area contributed by atoms with Crippen LogP contribution in [-0.2, 0) is 6.42 Å². The average Bonchev–Trinajstić information content (AvgIpc) is 3.12. The van der Waals surface area contributed by atoms with Crippen LogP contribution in [0.25, 0.3) is 11.0 Å². The molecule has 2 heterocycles. The van der Waals surface area contributed by atoms with Crippen LogP contribution in [-0.4, -0.2) is 31.1 Å². The largest absolute Gasteiger partial charge is 0.478 e. The Morgan fingerprint density at radius 2 is 2.29 bits per heavy atom. The molecule has 108 valence electrons. The smallest absolute Gasteiger partial charge is 0.335 e. The second kappa shape index (κ2) is 5.25. The first-order chi connectivity index (χ1) is 10.1. The zero-order chi connectivity index (χ0) is 15.0. The van der Waals surface area contributed by atoms with Crippen molar-refractivity contribution in [3.8, 4) is 0 Å². The minimum absolute atomic E-state index is 0.0315. The van der Waals surface area contributed by atoms with E-state index in [1.807, 2.05) is 13.1 Å². The summed E-state index contributed by atoms with van der Waals surface area (Å²) >= 11 is 1.66. The minimum Gasteiger partial charge on any atom is -0.478 e. The van der Waals surface area contributed by atoms with Gasteiger partial charge in [0.25, 0.3) is 0 Å². The Kier molecular flexibility index (Phi) is 3.42. The highest BCUT2D eigenvalue weighted by Gasteiger charge is 2.17. The molecule has 0 fully saturated rings. The van der Waals surface area contributed by atoms with E-state index in [1.165, 1.54) is 10.9 Å². The molecule has 1 aromatic carbocycles. The number of nitrogens with zero attached hydrogens (tertiary/aromatic N) is 4. The molecule has 6 nitrogen and oxygen atoms in total. The fourth-order valence-corrected chi connectivity index (χ4v) is 3.04. The van der Waals surface area contributed by atoms with Gasteiger partial charge in [-0.3, -0.25) is 0 Å². The molecule has 0 aliphatic heterocycles. The van der Waals surface area contributed by atoms with E-state index in [4.69, 9.17) is 5.11 Å². The standard InChI is InChI=1S/C14H14N4O2S/c1-3-10-7-15-13(21-10)8(2)18-12-5-4-9(14(19)20)6-11(12)16-17-18/h4-8H,3H2,1-2H3,(H,19,20). The zero-order valence-corrected chi connectivity index (χ0v) is 12.5. The fourth-order valence-electron chi connectivity index (χ4n) is 2.14. The maximum atomic E-state index is 11.0. The second-order valence-electron chi connectivity index (χ2n) is 4.74. The molecular formula is C14H14N4O2S. The SMILES string of the molecule is CCc1cnc(C(C)n2nnc3cc(C(=O)O)ccc32)s1. The molecule has 0 spiro atoms. The maximum Gasteiger partial charge on any atom is 0.335 e. The summed E-state index contributed by atoms with van der Waals surface area (Å²) in [6.07, 6.45) is 2.85. The van der Waals surface area contributed by atoms with Crippen molar-refractivity contribution in [3.63, 3.8) is 0 Å². The number of carbonyl (C=O) groups is 1. The van der Waals surface area contributed by atoms with Gasteiger partial charge in [0.1, 0.15) is 16.6 Å². The summed E-state index contributed by atoms with van der Waals surface area (Å²) in [7, 11) is 0. The fraction of sp³-hybridized carbons (Fsp3) is 0.286. The molecule has 1 unspecified atom stereocenters. The van der Waals surface area contributed by atoms with Crippen molar-refractivity contribution >= 4 is 28.3 Å². The van der Waals surface area contributed by atoms with E-state index < -0.39 is 5.97 Å². The summed E-state index contributed by atoms with van der Waals surface area (Å²) in [5.74, 6) is -0.966. The Bertz CT molecular complexity index is 808. The summed E-state index contributed by atoms with van der Waals surface area (Å²) in [4.78, 5) is 16.6. The molecule has 0 amide bonds. The Hall–Kier alpha value is -2.28. The molecule has 0 bridgehead atoms. The van der Waals surface area contributed by atoms with Crippen LogP contribution >= 0.6 is 11.3 Å². The number of fused-ring (bicyclic) bond motifs is 1. The van der Waals surface area contributed by atoms with Gasteiger partial charge in [0.05, 0.1) is 11.1 Å². The number of carboxylic acids is 1. The van der Waals surface area contributed by atoms with Crippen LogP contribution in [0.4, 0.5) is 0 Å². The van der Waals surface area contributed by atoms with Crippen molar-refractivity contribution in [2.24, 2.45) is 0 Å². The lowest BCUT2D eigenvalue weighted by Gasteiger charge is -2.09. The van der Waals surface area contributed by atoms with Crippen molar-refractivity contribution < 1.29 is 9.90 Å². The van der Waals surface area contributed by atoms with Gasteiger partial charge in [0.2, 0.25) is 0 Å². The van der Waals surface area contributed by atoms with Gasteiger partial charge in [0, 0.05) is 11.1 Å². The molecule has 0 saturated heterocycles. The van der Waals surface area contributed by atoms with Crippen LogP contribution in [0.3, 0.4) is 0 Å². The molecule has 3 rings (SSSR count). The summed E-state index contributed by atoms with van der Waals surface area (Å²) in [6, 6.07) is 4.81.